The summed E-state index contributed by atoms with van der Waals surface area (Å²) in [5.41, 5.74) is 5.40. The molecule has 4 heterocycles. The van der Waals surface area contributed by atoms with Crippen molar-refractivity contribution in [2.75, 3.05) is 26.2 Å². The van der Waals surface area contributed by atoms with E-state index >= 15 is 0 Å². The Hall–Kier alpha value is -2.87. The van der Waals surface area contributed by atoms with Crippen LogP contribution in [0.2, 0.25) is 0 Å². The van der Waals surface area contributed by atoms with Crippen molar-refractivity contribution in [3.63, 3.8) is 0 Å². The number of aryl methyl sites for hydroxylation is 1. The third-order valence-corrected chi connectivity index (χ3v) is 6.46. The summed E-state index contributed by atoms with van der Waals surface area (Å²) in [6, 6.07) is 11.6. The molecule has 0 bridgehead atoms. The van der Waals surface area contributed by atoms with Crippen LogP contribution in [0, 0.1) is 6.92 Å². The SMILES string of the molecule is Cc1nc2ccc(-c3cc(=O)n4cc(C5=CCN(CCO)CC5)ccc4n3)cc2s1. The summed E-state index contributed by atoms with van der Waals surface area (Å²) < 4.78 is 2.72. The number of aliphatic hydroxyl groups excluding tert-OH is 1. The van der Waals surface area contributed by atoms with Gasteiger partial charge in [0.1, 0.15) is 5.65 Å². The molecule has 0 aliphatic carbocycles. The first kappa shape index (κ1) is 19.1. The van der Waals surface area contributed by atoms with Crippen molar-refractivity contribution in [2.24, 2.45) is 0 Å². The van der Waals surface area contributed by atoms with Gasteiger partial charge in [0, 0.05) is 37.5 Å². The number of fused-ring (bicyclic) bond motifs is 2. The Morgan fingerprint density at radius 3 is 2.80 bits per heavy atom. The van der Waals surface area contributed by atoms with E-state index in [0.29, 0.717) is 17.9 Å². The molecule has 0 fully saturated rings. The number of pyridine rings is 1. The van der Waals surface area contributed by atoms with Crippen LogP contribution in [-0.4, -0.2) is 50.6 Å². The zero-order chi connectivity index (χ0) is 20.7. The summed E-state index contributed by atoms with van der Waals surface area (Å²) in [6.07, 6.45) is 4.97. The predicted octanol–water partition coefficient (Wildman–Crippen LogP) is 3.36. The van der Waals surface area contributed by atoms with Gasteiger partial charge in [-0.15, -0.1) is 11.3 Å². The molecule has 3 aromatic heterocycles. The van der Waals surface area contributed by atoms with Crippen molar-refractivity contribution in [3.05, 3.63) is 69.6 Å². The molecule has 0 unspecified atom stereocenters. The molecule has 0 saturated heterocycles. The molecule has 0 radical (unpaired) electrons. The van der Waals surface area contributed by atoms with Gasteiger partial charge in [-0.05, 0) is 48.7 Å². The van der Waals surface area contributed by atoms with Gasteiger partial charge in [0.15, 0.2) is 0 Å². The average Bonchev–Trinajstić information content (AvgIpc) is 3.13. The second-order valence-electron chi connectivity index (χ2n) is 7.54. The van der Waals surface area contributed by atoms with Gasteiger partial charge in [-0.3, -0.25) is 14.1 Å². The zero-order valence-corrected chi connectivity index (χ0v) is 17.5. The number of aliphatic hydroxyl groups is 1. The summed E-state index contributed by atoms with van der Waals surface area (Å²) in [5, 5.41) is 10.1. The van der Waals surface area contributed by atoms with E-state index in [9.17, 15) is 4.79 Å². The molecule has 4 aromatic rings. The molecule has 1 aromatic carbocycles. The monoisotopic (exact) mass is 418 g/mol. The van der Waals surface area contributed by atoms with Crippen molar-refractivity contribution in [3.8, 4) is 11.3 Å². The van der Waals surface area contributed by atoms with E-state index in [1.54, 1.807) is 21.8 Å². The maximum absolute atomic E-state index is 12.9. The molecule has 1 N–H and O–H groups in total. The van der Waals surface area contributed by atoms with E-state index in [4.69, 9.17) is 10.1 Å². The minimum Gasteiger partial charge on any atom is -0.395 e. The molecular formula is C23H22N4O2S. The highest BCUT2D eigenvalue weighted by Crippen LogP contribution is 2.27. The highest BCUT2D eigenvalue weighted by Gasteiger charge is 2.14. The molecule has 0 saturated carbocycles. The maximum Gasteiger partial charge on any atom is 0.258 e. The predicted molar refractivity (Wildman–Crippen MR) is 121 cm³/mol. The number of benzene rings is 1. The first-order valence-electron chi connectivity index (χ1n) is 10.0. The Morgan fingerprint density at radius 1 is 1.13 bits per heavy atom. The lowest BCUT2D eigenvalue weighted by molar-refractivity contribution is 0.208. The first-order chi connectivity index (χ1) is 14.6. The van der Waals surface area contributed by atoms with E-state index in [1.807, 2.05) is 37.4 Å². The van der Waals surface area contributed by atoms with Crippen LogP contribution >= 0.6 is 11.3 Å². The number of aromatic nitrogens is 3. The third kappa shape index (κ3) is 3.56. The molecule has 30 heavy (non-hydrogen) atoms. The molecule has 152 valence electrons. The normalized spacial score (nSPS) is 15.1. The van der Waals surface area contributed by atoms with Gasteiger partial charge in [-0.25, -0.2) is 9.97 Å². The third-order valence-electron chi connectivity index (χ3n) is 5.53. The van der Waals surface area contributed by atoms with E-state index in [0.717, 1.165) is 45.9 Å². The van der Waals surface area contributed by atoms with Crippen molar-refractivity contribution in [1.82, 2.24) is 19.3 Å². The largest absolute Gasteiger partial charge is 0.395 e. The Kier molecular flexibility index (Phi) is 4.94. The van der Waals surface area contributed by atoms with Gasteiger partial charge in [-0.2, -0.15) is 0 Å². The fourth-order valence-electron chi connectivity index (χ4n) is 3.96. The van der Waals surface area contributed by atoms with Crippen LogP contribution in [0.5, 0.6) is 0 Å². The molecule has 1 aliphatic heterocycles. The number of rotatable bonds is 4. The van der Waals surface area contributed by atoms with Crippen LogP contribution < -0.4 is 5.56 Å². The molecule has 6 nitrogen and oxygen atoms in total. The summed E-state index contributed by atoms with van der Waals surface area (Å²) >= 11 is 1.64. The maximum atomic E-state index is 12.9. The Balaban J connectivity index is 1.50. The number of nitrogens with zero attached hydrogens (tertiary/aromatic N) is 4. The van der Waals surface area contributed by atoms with Crippen molar-refractivity contribution in [1.29, 1.82) is 0 Å². The second kappa shape index (κ2) is 7.75. The van der Waals surface area contributed by atoms with E-state index < -0.39 is 0 Å². The number of hydrogen-bond acceptors (Lipinski definition) is 6. The lowest BCUT2D eigenvalue weighted by Gasteiger charge is -2.25. The molecular weight excluding hydrogens is 396 g/mol. The topological polar surface area (TPSA) is 70.7 Å². The van der Waals surface area contributed by atoms with Gasteiger partial charge in [-0.1, -0.05) is 12.1 Å². The van der Waals surface area contributed by atoms with E-state index in [-0.39, 0.29) is 12.2 Å². The Bertz CT molecular complexity index is 1340. The van der Waals surface area contributed by atoms with Gasteiger partial charge < -0.3 is 5.11 Å². The lowest BCUT2D eigenvalue weighted by atomic mass is 10.0. The minimum absolute atomic E-state index is 0.0873. The summed E-state index contributed by atoms with van der Waals surface area (Å²) in [5.74, 6) is 0. The van der Waals surface area contributed by atoms with Crippen LogP contribution in [0.15, 0.2) is 53.5 Å². The molecule has 5 rings (SSSR count). The number of thiazole rings is 1. The van der Waals surface area contributed by atoms with Crippen LogP contribution in [0.25, 0.3) is 32.7 Å². The Labute approximate surface area is 177 Å². The van der Waals surface area contributed by atoms with Crippen LogP contribution in [0.3, 0.4) is 0 Å². The summed E-state index contributed by atoms with van der Waals surface area (Å²) in [6.45, 7) is 4.60. The van der Waals surface area contributed by atoms with Gasteiger partial charge >= 0.3 is 0 Å². The number of β-amino-alcohol motifs (C(OH)–C–C–N with tert-alkyl or cyclic N) is 1. The van der Waals surface area contributed by atoms with Crippen LogP contribution in [0.1, 0.15) is 17.0 Å². The zero-order valence-electron chi connectivity index (χ0n) is 16.7. The standard InChI is InChI=1S/C23H22N4O2S/c1-15-24-19-4-2-17(12-21(19)30-15)20-13-23(29)27-14-18(3-5-22(27)25-20)16-6-8-26(9-7-16)10-11-28/h2-6,12-14,28H,7-11H2,1H3. The van der Waals surface area contributed by atoms with Crippen LogP contribution in [-0.2, 0) is 0 Å². The Morgan fingerprint density at radius 2 is 2.00 bits per heavy atom. The average molecular weight is 419 g/mol. The highest BCUT2D eigenvalue weighted by molar-refractivity contribution is 7.18. The fourth-order valence-corrected chi connectivity index (χ4v) is 4.82. The van der Waals surface area contributed by atoms with Gasteiger partial charge in [0.25, 0.3) is 5.56 Å². The van der Waals surface area contributed by atoms with E-state index in [1.165, 1.54) is 5.57 Å². The van der Waals surface area contributed by atoms with Gasteiger partial charge in [0.2, 0.25) is 0 Å². The minimum atomic E-state index is -0.0873. The smallest absolute Gasteiger partial charge is 0.258 e. The molecule has 0 atom stereocenters. The lowest BCUT2D eigenvalue weighted by Crippen LogP contribution is -2.31. The molecule has 7 heteroatoms. The quantitative estimate of drug-likeness (QED) is 0.550. The second-order valence-corrected chi connectivity index (χ2v) is 8.78. The first-order valence-corrected chi connectivity index (χ1v) is 10.9. The number of hydrogen-bond donors (Lipinski definition) is 1. The van der Waals surface area contributed by atoms with Crippen molar-refractivity contribution >= 4 is 32.8 Å². The van der Waals surface area contributed by atoms with E-state index in [2.05, 4.69) is 22.0 Å². The van der Waals surface area contributed by atoms with Gasteiger partial charge in [0.05, 0.1) is 27.5 Å². The summed E-state index contributed by atoms with van der Waals surface area (Å²) in [4.78, 5) is 24.3. The molecule has 0 spiro atoms. The molecule has 1 aliphatic rings. The molecule has 0 amide bonds. The van der Waals surface area contributed by atoms with Crippen LogP contribution in [0.4, 0.5) is 0 Å². The fraction of sp³-hybridized carbons (Fsp3) is 0.261. The highest BCUT2D eigenvalue weighted by atomic mass is 32.1. The van der Waals surface area contributed by atoms with Crippen molar-refractivity contribution < 1.29 is 5.11 Å². The summed E-state index contributed by atoms with van der Waals surface area (Å²) in [7, 11) is 0. The van der Waals surface area contributed by atoms with Crippen molar-refractivity contribution in [2.45, 2.75) is 13.3 Å².